The lowest BCUT2D eigenvalue weighted by Gasteiger charge is -1.85. The van der Waals surface area contributed by atoms with E-state index in [0.717, 1.165) is 0 Å². The Morgan fingerprint density at radius 1 is 1.54 bits per heavy atom. The molecular formula is C9H6N4. The second-order valence-corrected chi connectivity index (χ2v) is 2.15. The van der Waals surface area contributed by atoms with Crippen LogP contribution in [0.2, 0.25) is 0 Å². The van der Waals surface area contributed by atoms with Crippen molar-refractivity contribution in [2.24, 2.45) is 0 Å². The molecule has 0 saturated heterocycles. The van der Waals surface area contributed by atoms with Crippen molar-refractivity contribution in [2.75, 3.05) is 0 Å². The molecule has 0 fully saturated rings. The molecule has 4 nitrogen and oxygen atoms in total. The lowest BCUT2D eigenvalue weighted by Crippen LogP contribution is -1.77. The van der Waals surface area contributed by atoms with E-state index >= 15 is 0 Å². The number of hydrogen-bond acceptors (Lipinski definition) is 3. The third-order valence-corrected chi connectivity index (χ3v) is 1.28. The number of nitrogens with one attached hydrogen (secondary N) is 1. The molecule has 1 aromatic rings. The van der Waals surface area contributed by atoms with Crippen LogP contribution in [0.15, 0.2) is 30.1 Å². The van der Waals surface area contributed by atoms with Gasteiger partial charge in [-0.05, 0) is 12.2 Å². The molecule has 0 amide bonds. The normalized spacial score (nSPS) is 11.1. The fourth-order valence-electron chi connectivity index (χ4n) is 0.748. The fraction of sp³-hybridized carbons (Fsp3) is 0. The number of H-pyrrole nitrogens is 1. The van der Waals surface area contributed by atoms with E-state index in [9.17, 15) is 0 Å². The molecule has 0 atom stereocenters. The van der Waals surface area contributed by atoms with Gasteiger partial charge in [-0.3, -0.25) is 0 Å². The Bertz CT molecular complexity index is 398. The van der Waals surface area contributed by atoms with Crippen molar-refractivity contribution in [1.82, 2.24) is 9.97 Å². The van der Waals surface area contributed by atoms with E-state index < -0.39 is 0 Å². The van der Waals surface area contributed by atoms with E-state index in [2.05, 4.69) is 9.97 Å². The van der Waals surface area contributed by atoms with Crippen LogP contribution in [0.1, 0.15) is 5.82 Å². The van der Waals surface area contributed by atoms with Gasteiger partial charge in [0.2, 0.25) is 0 Å². The number of allylic oxidation sites excluding steroid dienone is 3. The third kappa shape index (κ3) is 2.64. The number of aromatic nitrogens is 2. The van der Waals surface area contributed by atoms with Gasteiger partial charge in [0.25, 0.3) is 0 Å². The van der Waals surface area contributed by atoms with Gasteiger partial charge in [0.15, 0.2) is 0 Å². The van der Waals surface area contributed by atoms with Gasteiger partial charge < -0.3 is 4.98 Å². The van der Waals surface area contributed by atoms with Gasteiger partial charge in [-0.15, -0.1) is 0 Å². The predicted octanol–water partition coefficient (Wildman–Crippen LogP) is 1.40. The molecule has 1 N–H and O–H groups in total. The molecule has 62 valence electrons. The zero-order valence-corrected chi connectivity index (χ0v) is 6.73. The van der Waals surface area contributed by atoms with Gasteiger partial charge >= 0.3 is 0 Å². The summed E-state index contributed by atoms with van der Waals surface area (Å²) in [6.07, 6.45) is 7.50. The van der Waals surface area contributed by atoms with Crippen LogP contribution < -0.4 is 0 Å². The molecule has 0 aliphatic carbocycles. The predicted molar refractivity (Wildman–Crippen MR) is 46.9 cm³/mol. The van der Waals surface area contributed by atoms with Crippen molar-refractivity contribution >= 4 is 6.08 Å². The maximum Gasteiger partial charge on any atom is 0.131 e. The van der Waals surface area contributed by atoms with E-state index in [1.54, 1.807) is 18.5 Å². The maximum atomic E-state index is 8.63. The SMILES string of the molecule is N#C/C=C\C(C#N)=C\c1ncc[nH]1. The zero-order chi connectivity index (χ0) is 9.52. The number of rotatable bonds is 2. The highest BCUT2D eigenvalue weighted by atomic mass is 14.9. The third-order valence-electron chi connectivity index (χ3n) is 1.28. The van der Waals surface area contributed by atoms with Crippen molar-refractivity contribution in [3.8, 4) is 12.1 Å². The summed E-state index contributed by atoms with van der Waals surface area (Å²) < 4.78 is 0. The molecule has 1 aromatic heterocycles. The molecule has 0 spiro atoms. The molecule has 0 saturated carbocycles. The summed E-state index contributed by atoms with van der Waals surface area (Å²) in [6, 6.07) is 3.75. The molecule has 4 heteroatoms. The minimum atomic E-state index is 0.386. The minimum absolute atomic E-state index is 0.386. The van der Waals surface area contributed by atoms with Crippen LogP contribution in [0.25, 0.3) is 6.08 Å². The molecule has 13 heavy (non-hydrogen) atoms. The van der Waals surface area contributed by atoms with Crippen LogP contribution >= 0.6 is 0 Å². The molecule has 0 aliphatic rings. The first-order valence-electron chi connectivity index (χ1n) is 3.54. The van der Waals surface area contributed by atoms with Crippen LogP contribution in [-0.2, 0) is 0 Å². The number of nitriles is 2. The summed E-state index contributed by atoms with van der Waals surface area (Å²) in [5, 5.41) is 16.9. The Balaban J connectivity index is 2.86. The van der Waals surface area contributed by atoms with Crippen LogP contribution in [-0.4, -0.2) is 9.97 Å². The summed E-state index contributed by atoms with van der Waals surface area (Å²) in [5.74, 6) is 0.596. The Kier molecular flexibility index (Phi) is 3.05. The standard InChI is InChI=1S/C9H6N4/c10-3-1-2-8(7-11)6-9-12-4-5-13-9/h1-2,4-6H,(H,12,13)/b2-1-,8-6-. The van der Waals surface area contributed by atoms with E-state index in [0.29, 0.717) is 11.4 Å². The van der Waals surface area contributed by atoms with Gasteiger partial charge in [-0.1, -0.05) is 0 Å². The molecule has 1 rings (SSSR count). The van der Waals surface area contributed by atoms with Gasteiger partial charge in [0, 0.05) is 18.5 Å². The van der Waals surface area contributed by atoms with E-state index in [-0.39, 0.29) is 0 Å². The Hall–Kier alpha value is -2.33. The number of aromatic amines is 1. The molecule has 1 heterocycles. The van der Waals surface area contributed by atoms with Gasteiger partial charge in [-0.2, -0.15) is 10.5 Å². The summed E-state index contributed by atoms with van der Waals surface area (Å²) in [5.41, 5.74) is 0.386. The largest absolute Gasteiger partial charge is 0.345 e. The van der Waals surface area contributed by atoms with Crippen LogP contribution in [0.5, 0.6) is 0 Å². The topological polar surface area (TPSA) is 76.3 Å². The Labute approximate surface area is 75.5 Å². The van der Waals surface area contributed by atoms with Crippen LogP contribution in [0, 0.1) is 22.7 Å². The first kappa shape index (κ1) is 8.76. The lowest BCUT2D eigenvalue weighted by molar-refractivity contribution is 1.26. The second kappa shape index (κ2) is 4.53. The number of hydrogen-bond donors (Lipinski definition) is 1. The monoisotopic (exact) mass is 170 g/mol. The first-order chi connectivity index (χ1) is 6.36. The summed E-state index contributed by atoms with van der Waals surface area (Å²) >= 11 is 0. The minimum Gasteiger partial charge on any atom is -0.345 e. The second-order valence-electron chi connectivity index (χ2n) is 2.15. The van der Waals surface area contributed by atoms with E-state index in [1.165, 1.54) is 12.2 Å². The maximum absolute atomic E-state index is 8.63. The average molecular weight is 170 g/mol. The van der Waals surface area contributed by atoms with Crippen molar-refractivity contribution in [3.05, 3.63) is 35.9 Å². The van der Waals surface area contributed by atoms with Crippen molar-refractivity contribution in [3.63, 3.8) is 0 Å². The molecular weight excluding hydrogens is 164 g/mol. The summed E-state index contributed by atoms with van der Waals surface area (Å²) in [4.78, 5) is 6.74. The van der Waals surface area contributed by atoms with Gasteiger partial charge in [-0.25, -0.2) is 4.98 Å². The summed E-state index contributed by atoms with van der Waals surface area (Å²) in [7, 11) is 0. The van der Waals surface area contributed by atoms with Crippen LogP contribution in [0.3, 0.4) is 0 Å². The summed E-state index contributed by atoms with van der Waals surface area (Å²) in [6.45, 7) is 0. The van der Waals surface area contributed by atoms with Crippen molar-refractivity contribution < 1.29 is 0 Å². The Morgan fingerprint density at radius 3 is 2.92 bits per heavy atom. The lowest BCUT2D eigenvalue weighted by atomic mass is 10.2. The first-order valence-corrected chi connectivity index (χ1v) is 3.54. The average Bonchev–Trinajstić information content (AvgIpc) is 2.64. The van der Waals surface area contributed by atoms with Crippen molar-refractivity contribution in [1.29, 1.82) is 10.5 Å². The van der Waals surface area contributed by atoms with E-state index in [1.807, 2.05) is 12.1 Å². The quantitative estimate of drug-likeness (QED) is 0.538. The smallest absolute Gasteiger partial charge is 0.131 e. The molecule has 0 aromatic carbocycles. The van der Waals surface area contributed by atoms with Gasteiger partial charge in [0.1, 0.15) is 5.82 Å². The molecule has 0 aliphatic heterocycles. The fourth-order valence-corrected chi connectivity index (χ4v) is 0.748. The Morgan fingerprint density at radius 2 is 2.38 bits per heavy atom. The van der Waals surface area contributed by atoms with Crippen LogP contribution in [0.4, 0.5) is 0 Å². The molecule has 0 radical (unpaired) electrons. The number of imidazole rings is 1. The highest BCUT2D eigenvalue weighted by Crippen LogP contribution is 2.01. The highest BCUT2D eigenvalue weighted by molar-refractivity contribution is 5.56. The van der Waals surface area contributed by atoms with Crippen molar-refractivity contribution in [2.45, 2.75) is 0 Å². The highest BCUT2D eigenvalue weighted by Gasteiger charge is 1.91. The zero-order valence-electron chi connectivity index (χ0n) is 6.73. The molecule has 0 bridgehead atoms. The number of nitrogens with zero attached hydrogens (tertiary/aromatic N) is 3. The molecule has 0 unspecified atom stereocenters. The van der Waals surface area contributed by atoms with E-state index in [4.69, 9.17) is 10.5 Å². The van der Waals surface area contributed by atoms with Gasteiger partial charge in [0.05, 0.1) is 17.7 Å².